The molecular weight excluding hydrogens is 484 g/mol. The van der Waals surface area contributed by atoms with Crippen LogP contribution in [0.4, 0.5) is 0 Å². The number of aromatic nitrogens is 2. The van der Waals surface area contributed by atoms with Gasteiger partial charge in [-0.1, -0.05) is 29.8 Å². The number of methoxy groups -OCH3 is 2. The van der Waals surface area contributed by atoms with E-state index in [1.165, 1.54) is 7.11 Å². The SMILES string of the molecule is COC(=O)c1ccc2nc(-c3cc(Br)c(OCc4ccccc4Cl)c(OC)c3)[nH]c2c1. The number of carbonyl (C=O) groups is 1. The number of aromatic amines is 1. The van der Waals surface area contributed by atoms with Crippen LogP contribution >= 0.6 is 27.5 Å². The summed E-state index contributed by atoms with van der Waals surface area (Å²) in [6, 6.07) is 16.4. The summed E-state index contributed by atoms with van der Waals surface area (Å²) in [4.78, 5) is 19.6. The maximum atomic E-state index is 11.8. The number of H-pyrrole nitrogens is 1. The number of nitrogens with zero attached hydrogens (tertiary/aromatic N) is 1. The Balaban J connectivity index is 1.66. The van der Waals surface area contributed by atoms with Crippen molar-refractivity contribution in [1.29, 1.82) is 0 Å². The van der Waals surface area contributed by atoms with E-state index >= 15 is 0 Å². The summed E-state index contributed by atoms with van der Waals surface area (Å²) in [5, 5.41) is 0.641. The van der Waals surface area contributed by atoms with Crippen LogP contribution < -0.4 is 9.47 Å². The molecule has 1 aromatic heterocycles. The Kier molecular flexibility index (Phi) is 6.15. The molecule has 0 radical (unpaired) electrons. The lowest BCUT2D eigenvalue weighted by molar-refractivity contribution is 0.0601. The maximum absolute atomic E-state index is 11.8. The van der Waals surface area contributed by atoms with Gasteiger partial charge in [0.05, 0.1) is 35.3 Å². The highest BCUT2D eigenvalue weighted by Gasteiger charge is 2.16. The zero-order valence-corrected chi connectivity index (χ0v) is 19.1. The number of imidazole rings is 1. The van der Waals surface area contributed by atoms with Crippen molar-refractivity contribution in [2.45, 2.75) is 6.61 Å². The predicted octanol–water partition coefficient (Wildman–Crippen LogP) is 6.02. The zero-order chi connectivity index (χ0) is 22.0. The lowest BCUT2D eigenvalue weighted by Crippen LogP contribution is -2.00. The molecule has 0 aliphatic carbocycles. The minimum atomic E-state index is -0.400. The van der Waals surface area contributed by atoms with Crippen LogP contribution in [0.15, 0.2) is 59.1 Å². The fourth-order valence-electron chi connectivity index (χ4n) is 3.15. The highest BCUT2D eigenvalue weighted by atomic mass is 79.9. The summed E-state index contributed by atoms with van der Waals surface area (Å²) in [5.74, 6) is 1.35. The molecule has 0 aliphatic heterocycles. The van der Waals surface area contributed by atoms with Gasteiger partial charge < -0.3 is 19.2 Å². The number of rotatable bonds is 6. The molecule has 4 rings (SSSR count). The number of benzene rings is 3. The average molecular weight is 502 g/mol. The van der Waals surface area contributed by atoms with E-state index in [2.05, 4.69) is 25.9 Å². The minimum absolute atomic E-state index is 0.301. The van der Waals surface area contributed by atoms with E-state index < -0.39 is 5.97 Å². The number of halogens is 2. The highest BCUT2D eigenvalue weighted by molar-refractivity contribution is 9.10. The van der Waals surface area contributed by atoms with Gasteiger partial charge in [0.2, 0.25) is 0 Å². The van der Waals surface area contributed by atoms with Crippen LogP contribution in [0.1, 0.15) is 15.9 Å². The quantitative estimate of drug-likeness (QED) is 0.327. The zero-order valence-electron chi connectivity index (χ0n) is 16.7. The molecule has 0 amide bonds. The molecule has 0 atom stereocenters. The second kappa shape index (κ2) is 8.99. The van der Waals surface area contributed by atoms with Crippen molar-refractivity contribution in [2.75, 3.05) is 14.2 Å². The largest absolute Gasteiger partial charge is 0.493 e. The summed E-state index contributed by atoms with van der Waals surface area (Å²) in [7, 11) is 2.93. The van der Waals surface area contributed by atoms with Crippen molar-refractivity contribution in [3.8, 4) is 22.9 Å². The van der Waals surface area contributed by atoms with E-state index in [1.54, 1.807) is 25.3 Å². The molecule has 0 unspecified atom stereocenters. The number of hydrogen-bond donors (Lipinski definition) is 1. The molecular formula is C23H18BrClN2O4. The molecule has 8 heteroatoms. The molecule has 0 bridgehead atoms. The third kappa shape index (κ3) is 4.38. The van der Waals surface area contributed by atoms with Crippen molar-refractivity contribution in [1.82, 2.24) is 9.97 Å². The third-order valence-electron chi connectivity index (χ3n) is 4.74. The number of carbonyl (C=O) groups excluding carboxylic acids is 1. The van der Waals surface area contributed by atoms with Crippen LogP contribution in [0.2, 0.25) is 5.02 Å². The molecule has 158 valence electrons. The lowest BCUT2D eigenvalue weighted by Gasteiger charge is -2.14. The number of nitrogens with one attached hydrogen (secondary N) is 1. The van der Waals surface area contributed by atoms with E-state index in [4.69, 9.17) is 25.8 Å². The smallest absolute Gasteiger partial charge is 0.337 e. The van der Waals surface area contributed by atoms with Crippen LogP contribution in [-0.2, 0) is 11.3 Å². The molecule has 6 nitrogen and oxygen atoms in total. The van der Waals surface area contributed by atoms with E-state index in [0.717, 1.165) is 22.2 Å². The van der Waals surface area contributed by atoms with Gasteiger partial charge in [0.1, 0.15) is 12.4 Å². The Hall–Kier alpha value is -3.03. The molecule has 0 fully saturated rings. The van der Waals surface area contributed by atoms with Gasteiger partial charge in [-0.25, -0.2) is 9.78 Å². The van der Waals surface area contributed by atoms with Gasteiger partial charge >= 0.3 is 5.97 Å². The van der Waals surface area contributed by atoms with Crippen molar-refractivity contribution < 1.29 is 19.0 Å². The topological polar surface area (TPSA) is 73.4 Å². The van der Waals surface area contributed by atoms with Crippen LogP contribution in [-0.4, -0.2) is 30.2 Å². The molecule has 0 spiro atoms. The Morgan fingerprint density at radius 1 is 1.13 bits per heavy atom. The molecule has 31 heavy (non-hydrogen) atoms. The van der Waals surface area contributed by atoms with Gasteiger partial charge in [0.25, 0.3) is 0 Å². The van der Waals surface area contributed by atoms with E-state index in [-0.39, 0.29) is 0 Å². The van der Waals surface area contributed by atoms with Gasteiger partial charge in [-0.05, 0) is 52.3 Å². The lowest BCUT2D eigenvalue weighted by atomic mass is 10.2. The van der Waals surface area contributed by atoms with Crippen LogP contribution in [0.3, 0.4) is 0 Å². The summed E-state index contributed by atoms with van der Waals surface area (Å²) in [6.07, 6.45) is 0. The first-order valence-electron chi connectivity index (χ1n) is 9.32. The van der Waals surface area contributed by atoms with E-state index in [1.807, 2.05) is 36.4 Å². The number of hydrogen-bond acceptors (Lipinski definition) is 5. The van der Waals surface area contributed by atoms with Crippen molar-refractivity contribution in [2.24, 2.45) is 0 Å². The third-order valence-corrected chi connectivity index (χ3v) is 5.69. The first kappa shape index (κ1) is 21.2. The Morgan fingerprint density at radius 2 is 1.94 bits per heavy atom. The molecule has 1 N–H and O–H groups in total. The normalized spacial score (nSPS) is 10.8. The average Bonchev–Trinajstić information content (AvgIpc) is 3.21. The molecule has 4 aromatic rings. The molecule has 0 saturated heterocycles. The number of fused-ring (bicyclic) bond motifs is 1. The van der Waals surface area contributed by atoms with Gasteiger partial charge in [-0.3, -0.25) is 0 Å². The van der Waals surface area contributed by atoms with Crippen LogP contribution in [0.25, 0.3) is 22.4 Å². The summed E-state index contributed by atoms with van der Waals surface area (Å²) < 4.78 is 17.0. The van der Waals surface area contributed by atoms with Crippen molar-refractivity contribution >= 4 is 44.5 Å². The molecule has 1 heterocycles. The monoisotopic (exact) mass is 500 g/mol. The molecule has 0 saturated carbocycles. The van der Waals surface area contributed by atoms with Gasteiger partial charge in [-0.15, -0.1) is 0 Å². The van der Waals surface area contributed by atoms with Gasteiger partial charge in [0.15, 0.2) is 11.5 Å². The van der Waals surface area contributed by atoms with Gasteiger partial charge in [0, 0.05) is 16.1 Å². The number of ether oxygens (including phenoxy) is 3. The summed E-state index contributed by atoms with van der Waals surface area (Å²) in [5.41, 5.74) is 3.58. The molecule has 0 aliphatic rings. The van der Waals surface area contributed by atoms with Crippen LogP contribution in [0, 0.1) is 0 Å². The first-order valence-corrected chi connectivity index (χ1v) is 10.5. The first-order chi connectivity index (χ1) is 15.0. The van der Waals surface area contributed by atoms with Crippen molar-refractivity contribution in [3.63, 3.8) is 0 Å². The highest BCUT2D eigenvalue weighted by Crippen LogP contribution is 2.40. The predicted molar refractivity (Wildman–Crippen MR) is 123 cm³/mol. The Morgan fingerprint density at radius 3 is 2.68 bits per heavy atom. The van der Waals surface area contributed by atoms with Crippen molar-refractivity contribution in [3.05, 3.63) is 75.2 Å². The summed E-state index contributed by atoms with van der Waals surface area (Å²) >= 11 is 9.79. The summed E-state index contributed by atoms with van der Waals surface area (Å²) in [6.45, 7) is 0.301. The molecule has 3 aromatic carbocycles. The Labute approximate surface area is 192 Å². The van der Waals surface area contributed by atoms with E-state index in [9.17, 15) is 4.79 Å². The Bertz CT molecular complexity index is 1270. The second-order valence-electron chi connectivity index (χ2n) is 6.68. The van der Waals surface area contributed by atoms with Gasteiger partial charge in [-0.2, -0.15) is 0 Å². The fraction of sp³-hybridized carbons (Fsp3) is 0.130. The maximum Gasteiger partial charge on any atom is 0.337 e. The second-order valence-corrected chi connectivity index (χ2v) is 7.94. The number of esters is 1. The standard InChI is InChI=1S/C23H18BrClN2O4/c1-29-20-11-15(9-16(24)21(20)31-12-14-5-3-4-6-17(14)25)22-26-18-8-7-13(23(28)30-2)10-19(18)27-22/h3-11H,12H2,1-2H3,(H,26,27). The fourth-order valence-corrected chi connectivity index (χ4v) is 3.90. The van der Waals surface area contributed by atoms with E-state index in [0.29, 0.717) is 39.0 Å². The minimum Gasteiger partial charge on any atom is -0.493 e. The van der Waals surface area contributed by atoms with Crippen LogP contribution in [0.5, 0.6) is 11.5 Å².